The van der Waals surface area contributed by atoms with Gasteiger partial charge in [-0.15, -0.1) is 0 Å². The minimum absolute atomic E-state index is 0.167. The molecule has 2 rings (SSSR count). The van der Waals surface area contributed by atoms with E-state index in [9.17, 15) is 18.0 Å². The van der Waals surface area contributed by atoms with Crippen molar-refractivity contribution in [3.8, 4) is 5.75 Å². The summed E-state index contributed by atoms with van der Waals surface area (Å²) in [4.78, 5) is 13.7. The number of piperidine rings is 1. The second kappa shape index (κ2) is 7.32. The number of likely N-dealkylation sites (tertiary alicyclic amines) is 1. The summed E-state index contributed by atoms with van der Waals surface area (Å²) in [6, 6.07) is 4.99. The number of para-hydroxylation sites is 1. The first-order valence-electron chi connectivity index (χ1n) is 7.96. The van der Waals surface area contributed by atoms with Gasteiger partial charge in [0, 0.05) is 13.1 Å². The van der Waals surface area contributed by atoms with Gasteiger partial charge in [0.25, 0.3) is 0 Å². The maximum atomic E-state index is 12.9. The normalized spacial score (nSPS) is 16.0. The molecule has 1 amide bonds. The first-order valence-corrected chi connectivity index (χ1v) is 7.96. The Labute approximate surface area is 139 Å². The summed E-state index contributed by atoms with van der Waals surface area (Å²) in [5, 5.41) is 0. The summed E-state index contributed by atoms with van der Waals surface area (Å²) >= 11 is 0. The maximum absolute atomic E-state index is 12.9. The van der Waals surface area contributed by atoms with Gasteiger partial charge in [-0.05, 0) is 45.2 Å². The van der Waals surface area contributed by atoms with E-state index in [2.05, 4.69) is 0 Å². The molecule has 4 nitrogen and oxygen atoms in total. The Morgan fingerprint density at radius 1 is 1.12 bits per heavy atom. The highest BCUT2D eigenvalue weighted by molar-refractivity contribution is 5.68. The van der Waals surface area contributed by atoms with E-state index in [0.29, 0.717) is 13.1 Å². The van der Waals surface area contributed by atoms with E-state index in [0.717, 1.165) is 25.3 Å². The molecular weight excluding hydrogens is 323 g/mol. The lowest BCUT2D eigenvalue weighted by molar-refractivity contribution is -0.139. The summed E-state index contributed by atoms with van der Waals surface area (Å²) < 4.78 is 49.6. The third-order valence-electron chi connectivity index (χ3n) is 3.75. The summed E-state index contributed by atoms with van der Waals surface area (Å²) in [5.41, 5.74) is -1.88. The number of ether oxygens (including phenoxy) is 2. The molecule has 0 spiro atoms. The zero-order valence-electron chi connectivity index (χ0n) is 13.9. The second-order valence-electron chi connectivity index (χ2n) is 6.46. The molecule has 0 saturated carbocycles. The fraction of sp³-hybridized carbons (Fsp3) is 0.588. The van der Waals surface area contributed by atoms with E-state index in [-0.39, 0.29) is 12.4 Å². The van der Waals surface area contributed by atoms with Crippen molar-refractivity contribution in [3.05, 3.63) is 29.8 Å². The van der Waals surface area contributed by atoms with Gasteiger partial charge >= 0.3 is 12.3 Å². The van der Waals surface area contributed by atoms with Gasteiger partial charge in [-0.25, -0.2) is 4.79 Å². The molecule has 1 saturated heterocycles. The van der Waals surface area contributed by atoms with Crippen LogP contribution in [0.3, 0.4) is 0 Å². The highest BCUT2D eigenvalue weighted by Crippen LogP contribution is 2.36. The van der Waals surface area contributed by atoms with Gasteiger partial charge in [0.1, 0.15) is 18.0 Å². The average molecular weight is 345 g/mol. The van der Waals surface area contributed by atoms with Crippen LogP contribution in [0.1, 0.15) is 38.7 Å². The van der Waals surface area contributed by atoms with Gasteiger partial charge in [-0.2, -0.15) is 13.2 Å². The number of halogens is 3. The van der Waals surface area contributed by atoms with Crippen LogP contribution in [0.2, 0.25) is 0 Å². The third kappa shape index (κ3) is 5.04. The van der Waals surface area contributed by atoms with Crippen molar-refractivity contribution in [1.82, 2.24) is 4.90 Å². The van der Waals surface area contributed by atoms with Crippen molar-refractivity contribution in [2.24, 2.45) is 0 Å². The van der Waals surface area contributed by atoms with Gasteiger partial charge in [-0.3, -0.25) is 0 Å². The first kappa shape index (κ1) is 18.4. The highest BCUT2D eigenvalue weighted by atomic mass is 19.4. The lowest BCUT2D eigenvalue weighted by Gasteiger charge is -2.31. The average Bonchev–Trinajstić information content (AvgIpc) is 2.53. The minimum Gasteiger partial charge on any atom is -0.489 e. The largest absolute Gasteiger partial charge is 0.489 e. The first-order chi connectivity index (χ1) is 11.2. The number of benzene rings is 1. The number of rotatable bonds is 4. The molecule has 1 aliphatic heterocycles. The summed E-state index contributed by atoms with van der Waals surface area (Å²) in [5.74, 6) is -0.271. The highest BCUT2D eigenvalue weighted by Gasteiger charge is 2.35. The lowest BCUT2D eigenvalue weighted by Crippen LogP contribution is -2.43. The minimum atomic E-state index is -4.49. The lowest BCUT2D eigenvalue weighted by atomic mass is 10.1. The van der Waals surface area contributed by atoms with E-state index in [1.54, 1.807) is 18.7 Å². The molecule has 7 heteroatoms. The molecule has 1 aromatic rings. The molecule has 0 aliphatic carbocycles. The molecule has 1 aliphatic rings. The van der Waals surface area contributed by atoms with Crippen LogP contribution in [0.25, 0.3) is 0 Å². The zero-order valence-corrected chi connectivity index (χ0v) is 13.9. The number of nitrogens with zero attached hydrogens (tertiary/aromatic N) is 1. The van der Waals surface area contributed by atoms with Crippen LogP contribution < -0.4 is 4.74 Å². The van der Waals surface area contributed by atoms with Gasteiger partial charge in [0.2, 0.25) is 0 Å². The Hall–Kier alpha value is -1.92. The van der Waals surface area contributed by atoms with Crippen LogP contribution in [0.4, 0.5) is 18.0 Å². The predicted molar refractivity (Wildman–Crippen MR) is 82.9 cm³/mol. The smallest absolute Gasteiger partial charge is 0.419 e. The van der Waals surface area contributed by atoms with Gasteiger partial charge in [0.15, 0.2) is 0 Å². The molecule has 1 heterocycles. The van der Waals surface area contributed by atoms with E-state index in [1.165, 1.54) is 18.2 Å². The molecule has 0 N–H and O–H groups in total. The number of hydrogen-bond acceptors (Lipinski definition) is 3. The van der Waals surface area contributed by atoms with Crippen molar-refractivity contribution in [3.63, 3.8) is 0 Å². The van der Waals surface area contributed by atoms with Crippen LogP contribution in [0, 0.1) is 0 Å². The molecular formula is C17H22F3NO3. The summed E-state index contributed by atoms with van der Waals surface area (Å²) in [6.07, 6.45) is -1.99. The summed E-state index contributed by atoms with van der Waals surface area (Å²) in [6.45, 7) is 4.36. The zero-order chi connectivity index (χ0) is 17.8. The summed E-state index contributed by atoms with van der Waals surface area (Å²) in [7, 11) is 0. The number of carbonyl (C=O) groups is 1. The van der Waals surface area contributed by atoms with Crippen LogP contribution in [-0.2, 0) is 10.9 Å². The number of alkyl halides is 3. The van der Waals surface area contributed by atoms with Crippen LogP contribution in [0.15, 0.2) is 24.3 Å². The fourth-order valence-corrected chi connectivity index (χ4v) is 2.49. The van der Waals surface area contributed by atoms with Crippen LogP contribution in [0.5, 0.6) is 5.75 Å². The molecule has 1 fully saturated rings. The van der Waals surface area contributed by atoms with Crippen molar-refractivity contribution in [2.75, 3.05) is 19.7 Å². The van der Waals surface area contributed by atoms with Crippen molar-refractivity contribution < 1.29 is 27.4 Å². The molecule has 0 unspecified atom stereocenters. The molecule has 0 bridgehead atoms. The van der Waals surface area contributed by atoms with Gasteiger partial charge < -0.3 is 14.4 Å². The van der Waals surface area contributed by atoms with Crippen molar-refractivity contribution in [2.45, 2.75) is 44.9 Å². The Bertz CT molecular complexity index is 566. The van der Waals surface area contributed by atoms with E-state index in [1.807, 2.05) is 0 Å². The molecule has 1 aromatic carbocycles. The fourth-order valence-electron chi connectivity index (χ4n) is 2.49. The topological polar surface area (TPSA) is 38.8 Å². The van der Waals surface area contributed by atoms with Gasteiger partial charge in [-0.1, -0.05) is 12.1 Å². The Balaban J connectivity index is 1.96. The predicted octanol–water partition coefficient (Wildman–Crippen LogP) is 4.49. The number of amides is 1. The monoisotopic (exact) mass is 345 g/mol. The Morgan fingerprint density at radius 2 is 1.75 bits per heavy atom. The van der Waals surface area contributed by atoms with Crippen molar-refractivity contribution in [1.29, 1.82) is 0 Å². The Morgan fingerprint density at radius 3 is 2.38 bits per heavy atom. The molecule has 24 heavy (non-hydrogen) atoms. The van der Waals surface area contributed by atoms with Crippen LogP contribution in [-0.4, -0.2) is 36.3 Å². The van der Waals surface area contributed by atoms with Gasteiger partial charge in [0.05, 0.1) is 5.56 Å². The van der Waals surface area contributed by atoms with E-state index in [4.69, 9.17) is 9.47 Å². The van der Waals surface area contributed by atoms with Crippen molar-refractivity contribution >= 4 is 6.09 Å². The van der Waals surface area contributed by atoms with E-state index >= 15 is 0 Å². The quantitative estimate of drug-likeness (QED) is 0.807. The standard InChI is InChI=1S/C17H22F3NO3/c1-16(2,24-15(22)21-10-6-3-7-11-21)12-23-14-9-5-4-8-13(14)17(18,19)20/h4-5,8-9H,3,6-7,10-12H2,1-2H3. The second-order valence-corrected chi connectivity index (χ2v) is 6.46. The molecule has 0 radical (unpaired) electrons. The molecule has 0 atom stereocenters. The Kier molecular flexibility index (Phi) is 5.62. The third-order valence-corrected chi connectivity index (χ3v) is 3.75. The van der Waals surface area contributed by atoms with Crippen LogP contribution >= 0.6 is 0 Å². The number of carbonyl (C=O) groups excluding carboxylic acids is 1. The van der Waals surface area contributed by atoms with E-state index < -0.39 is 23.4 Å². The molecule has 0 aromatic heterocycles. The number of hydrogen-bond donors (Lipinski definition) is 0. The SMILES string of the molecule is CC(C)(COc1ccccc1C(F)(F)F)OC(=O)N1CCCCC1. The maximum Gasteiger partial charge on any atom is 0.419 e. The molecule has 134 valence electrons.